The molecule has 0 aliphatic carbocycles. The highest BCUT2D eigenvalue weighted by Gasteiger charge is 2.47. The molecule has 1 spiro atoms. The van der Waals surface area contributed by atoms with E-state index >= 15 is 0 Å². The molecule has 1 aromatic carbocycles. The number of carbonyl (C=O) groups excluding carboxylic acids is 1. The SMILES string of the molecule is CNC(=O)c1cccc(-c2ccc3c(N4CCOC[C@@H]4C)nc(N4CCO[C@]5(CCS(=O)(=O)C5)C4)nc3n2)c1. The molecule has 12 heteroatoms. The Morgan fingerprint density at radius 1 is 1.13 bits per heavy atom. The Kier molecular flexibility index (Phi) is 6.64. The first-order chi connectivity index (χ1) is 18.8. The Morgan fingerprint density at radius 3 is 2.77 bits per heavy atom. The lowest BCUT2D eigenvalue weighted by Crippen LogP contribution is -2.53. The number of hydrogen-bond acceptors (Lipinski definition) is 10. The smallest absolute Gasteiger partial charge is 0.251 e. The first-order valence-corrected chi connectivity index (χ1v) is 15.0. The number of hydrogen-bond donors (Lipinski definition) is 1. The summed E-state index contributed by atoms with van der Waals surface area (Å²) in [6, 6.07) is 11.3. The van der Waals surface area contributed by atoms with E-state index in [0.717, 1.165) is 16.8 Å². The normalized spacial score (nSPS) is 24.8. The fourth-order valence-corrected chi connectivity index (χ4v) is 7.60. The predicted octanol–water partition coefficient (Wildman–Crippen LogP) is 1.67. The Hall–Kier alpha value is -3.35. The average molecular weight is 553 g/mol. The third kappa shape index (κ3) is 5.04. The molecule has 2 aromatic heterocycles. The monoisotopic (exact) mass is 552 g/mol. The number of carbonyl (C=O) groups is 1. The number of pyridine rings is 1. The lowest BCUT2D eigenvalue weighted by molar-refractivity contribution is -0.0364. The molecule has 0 bridgehead atoms. The van der Waals surface area contributed by atoms with Gasteiger partial charge in [-0.3, -0.25) is 4.79 Å². The zero-order valence-corrected chi connectivity index (χ0v) is 22.9. The third-order valence-corrected chi connectivity index (χ3v) is 9.49. The predicted molar refractivity (Wildman–Crippen MR) is 148 cm³/mol. The van der Waals surface area contributed by atoms with Gasteiger partial charge in [0, 0.05) is 31.3 Å². The van der Waals surface area contributed by atoms with Crippen molar-refractivity contribution in [3.63, 3.8) is 0 Å². The summed E-state index contributed by atoms with van der Waals surface area (Å²) in [6.07, 6.45) is 0.469. The van der Waals surface area contributed by atoms with Crippen LogP contribution in [0.2, 0.25) is 0 Å². The van der Waals surface area contributed by atoms with Crippen molar-refractivity contribution in [2.75, 3.05) is 67.8 Å². The van der Waals surface area contributed by atoms with Gasteiger partial charge in [-0.25, -0.2) is 13.4 Å². The maximum atomic E-state index is 12.3. The topological polar surface area (TPSA) is 127 Å². The molecule has 1 amide bonds. The van der Waals surface area contributed by atoms with Crippen LogP contribution >= 0.6 is 0 Å². The molecule has 0 radical (unpaired) electrons. The highest BCUT2D eigenvalue weighted by molar-refractivity contribution is 7.91. The molecule has 6 rings (SSSR count). The van der Waals surface area contributed by atoms with Crippen LogP contribution in [0.3, 0.4) is 0 Å². The number of amides is 1. The second-order valence-corrected chi connectivity index (χ2v) is 12.7. The van der Waals surface area contributed by atoms with Crippen LogP contribution in [0.15, 0.2) is 36.4 Å². The maximum Gasteiger partial charge on any atom is 0.251 e. The van der Waals surface area contributed by atoms with Crippen molar-refractivity contribution in [1.29, 1.82) is 0 Å². The van der Waals surface area contributed by atoms with Crippen molar-refractivity contribution in [3.05, 3.63) is 42.0 Å². The van der Waals surface area contributed by atoms with E-state index in [-0.39, 0.29) is 23.5 Å². The van der Waals surface area contributed by atoms with Crippen molar-refractivity contribution >= 4 is 38.5 Å². The molecule has 3 aliphatic heterocycles. The van der Waals surface area contributed by atoms with E-state index in [1.165, 1.54) is 0 Å². The van der Waals surface area contributed by atoms with Gasteiger partial charge in [0.15, 0.2) is 15.5 Å². The molecular weight excluding hydrogens is 520 g/mol. The minimum Gasteiger partial charge on any atom is -0.377 e. The molecule has 3 saturated heterocycles. The summed E-state index contributed by atoms with van der Waals surface area (Å²) in [5, 5.41) is 3.48. The molecule has 39 heavy (non-hydrogen) atoms. The number of sulfone groups is 1. The van der Waals surface area contributed by atoms with Crippen LogP contribution in [-0.4, -0.2) is 98.9 Å². The van der Waals surface area contributed by atoms with Gasteiger partial charge in [-0.15, -0.1) is 0 Å². The maximum absolute atomic E-state index is 12.3. The summed E-state index contributed by atoms with van der Waals surface area (Å²) < 4.78 is 36.3. The minimum atomic E-state index is -3.13. The molecule has 3 fully saturated rings. The number of ether oxygens (including phenoxy) is 2. The molecular formula is C27H32N6O5S. The number of fused-ring (bicyclic) bond motifs is 1. The van der Waals surface area contributed by atoms with Gasteiger partial charge in [0.1, 0.15) is 11.4 Å². The standard InChI is InChI=1S/C27H32N6O5S/c1-18-15-37-11-10-33(18)24-21-6-7-22(19-4-3-5-20(14-19)25(34)28-2)29-23(21)30-26(31-24)32-9-12-38-27(16-32)8-13-39(35,36)17-27/h3-7,14,18H,8-13,15-17H2,1-2H3,(H,28,34)/t18-,27+/m0/s1. The van der Waals surface area contributed by atoms with Gasteiger partial charge in [-0.2, -0.15) is 9.97 Å². The fraction of sp³-hybridized carbons (Fsp3) is 0.481. The molecule has 3 aliphatic rings. The van der Waals surface area contributed by atoms with E-state index in [1.807, 2.05) is 35.2 Å². The molecule has 2 atom stereocenters. The number of aromatic nitrogens is 3. The van der Waals surface area contributed by atoms with Crippen molar-refractivity contribution in [1.82, 2.24) is 20.3 Å². The highest BCUT2D eigenvalue weighted by atomic mass is 32.2. The number of nitrogens with zero attached hydrogens (tertiary/aromatic N) is 5. The van der Waals surface area contributed by atoms with Gasteiger partial charge in [0.2, 0.25) is 5.95 Å². The van der Waals surface area contributed by atoms with Crippen LogP contribution < -0.4 is 15.1 Å². The Balaban J connectivity index is 1.44. The van der Waals surface area contributed by atoms with Gasteiger partial charge in [0.05, 0.1) is 55.0 Å². The number of rotatable bonds is 4. The quantitative estimate of drug-likeness (QED) is 0.511. The zero-order valence-electron chi connectivity index (χ0n) is 22.1. The largest absolute Gasteiger partial charge is 0.377 e. The Morgan fingerprint density at radius 2 is 2.00 bits per heavy atom. The molecule has 5 heterocycles. The van der Waals surface area contributed by atoms with Crippen LogP contribution in [0.1, 0.15) is 23.7 Å². The van der Waals surface area contributed by atoms with Gasteiger partial charge >= 0.3 is 0 Å². The van der Waals surface area contributed by atoms with Crippen molar-refractivity contribution in [2.24, 2.45) is 0 Å². The van der Waals surface area contributed by atoms with Crippen LogP contribution in [0.25, 0.3) is 22.3 Å². The number of anilines is 2. The van der Waals surface area contributed by atoms with Crippen molar-refractivity contribution in [3.8, 4) is 11.3 Å². The van der Waals surface area contributed by atoms with E-state index in [4.69, 9.17) is 24.4 Å². The number of benzene rings is 1. The molecule has 0 unspecified atom stereocenters. The van der Waals surface area contributed by atoms with E-state index in [2.05, 4.69) is 17.1 Å². The zero-order chi connectivity index (χ0) is 27.2. The molecule has 11 nitrogen and oxygen atoms in total. The van der Waals surface area contributed by atoms with Crippen molar-refractivity contribution < 1.29 is 22.7 Å². The summed E-state index contributed by atoms with van der Waals surface area (Å²) >= 11 is 0. The molecule has 0 saturated carbocycles. The van der Waals surface area contributed by atoms with E-state index in [0.29, 0.717) is 68.7 Å². The first-order valence-electron chi connectivity index (χ1n) is 13.2. The van der Waals surface area contributed by atoms with Gasteiger partial charge in [-0.05, 0) is 37.6 Å². The van der Waals surface area contributed by atoms with E-state index in [1.54, 1.807) is 13.1 Å². The van der Waals surface area contributed by atoms with Crippen LogP contribution in [0.5, 0.6) is 0 Å². The number of nitrogens with one attached hydrogen (secondary N) is 1. The van der Waals surface area contributed by atoms with Gasteiger partial charge in [0.25, 0.3) is 5.91 Å². The van der Waals surface area contributed by atoms with Gasteiger partial charge in [-0.1, -0.05) is 12.1 Å². The van der Waals surface area contributed by atoms with Crippen LogP contribution in [-0.2, 0) is 19.3 Å². The Labute approximate surface area is 227 Å². The fourth-order valence-electron chi connectivity index (χ4n) is 5.65. The van der Waals surface area contributed by atoms with Crippen molar-refractivity contribution in [2.45, 2.75) is 25.0 Å². The summed E-state index contributed by atoms with van der Waals surface area (Å²) in [6.45, 7) is 5.35. The lowest BCUT2D eigenvalue weighted by Gasteiger charge is -2.40. The van der Waals surface area contributed by atoms with Gasteiger partial charge < -0.3 is 24.6 Å². The van der Waals surface area contributed by atoms with E-state index < -0.39 is 15.4 Å². The summed E-state index contributed by atoms with van der Waals surface area (Å²) in [5.74, 6) is 1.27. The summed E-state index contributed by atoms with van der Waals surface area (Å²) in [7, 11) is -1.53. The molecule has 206 valence electrons. The summed E-state index contributed by atoms with van der Waals surface area (Å²) in [4.78, 5) is 31.3. The molecule has 1 N–H and O–H groups in total. The second kappa shape index (κ2) is 10.00. The minimum absolute atomic E-state index is 0.0154. The number of morpholine rings is 2. The van der Waals surface area contributed by atoms with Crippen LogP contribution in [0, 0.1) is 0 Å². The second-order valence-electron chi connectivity index (χ2n) is 10.5. The third-order valence-electron chi connectivity index (χ3n) is 7.70. The first kappa shape index (κ1) is 25.9. The molecule has 3 aromatic rings. The van der Waals surface area contributed by atoms with E-state index in [9.17, 15) is 13.2 Å². The van der Waals surface area contributed by atoms with Crippen LogP contribution in [0.4, 0.5) is 11.8 Å². The average Bonchev–Trinajstić information content (AvgIpc) is 3.24. The Bertz CT molecular complexity index is 1530. The lowest BCUT2D eigenvalue weighted by atomic mass is 10.0. The highest BCUT2D eigenvalue weighted by Crippen LogP contribution is 2.35. The summed E-state index contributed by atoms with van der Waals surface area (Å²) in [5.41, 5.74) is 1.85.